The second-order valence-corrected chi connectivity index (χ2v) is 13.0. The van der Waals surface area contributed by atoms with Crippen LogP contribution in [-0.2, 0) is 21.1 Å². The largest absolute Gasteiger partial charge is 0.495 e. The number of benzene rings is 5. The molecule has 5 aromatic rings. The van der Waals surface area contributed by atoms with Gasteiger partial charge in [0.05, 0.1) is 28.0 Å². The van der Waals surface area contributed by atoms with Crippen LogP contribution in [0.25, 0.3) is 11.1 Å². The molecule has 1 saturated heterocycles. The smallest absolute Gasteiger partial charge is 0.399 e. The molecule has 0 bridgehead atoms. The van der Waals surface area contributed by atoms with E-state index in [1.165, 1.54) is 44.5 Å². The van der Waals surface area contributed by atoms with Crippen molar-refractivity contribution in [3.8, 4) is 11.1 Å². The Kier molecular flexibility index (Phi) is 5.75. The molecule has 0 amide bonds. The van der Waals surface area contributed by atoms with Crippen LogP contribution < -0.4 is 5.46 Å². The predicted molar refractivity (Wildman–Crippen MR) is 176 cm³/mol. The summed E-state index contributed by atoms with van der Waals surface area (Å²) in [6.07, 6.45) is 0.844. The minimum absolute atomic E-state index is 0.427. The molecule has 0 spiro atoms. The lowest BCUT2D eigenvalue weighted by Crippen LogP contribution is -2.41. The molecule has 1 aliphatic carbocycles. The number of hydrogen-bond donors (Lipinski definition) is 0. The zero-order valence-electron chi connectivity index (χ0n) is 25.1. The molecule has 1 unspecified atom stereocenters. The molecular weight excluding hydrogens is 525 g/mol. The molecule has 210 valence electrons. The summed E-state index contributed by atoms with van der Waals surface area (Å²) in [5.74, 6) is 0. The molecule has 0 radical (unpaired) electrons. The summed E-state index contributed by atoms with van der Waals surface area (Å²) in [6, 6.07) is 43.9. The van der Waals surface area contributed by atoms with Crippen LogP contribution in [0.2, 0.25) is 0 Å². The third-order valence-electron chi connectivity index (χ3n) is 10.1. The van der Waals surface area contributed by atoms with Gasteiger partial charge in [-0.2, -0.15) is 0 Å². The van der Waals surface area contributed by atoms with Gasteiger partial charge in [-0.1, -0.05) is 115 Å². The Morgan fingerprint density at radius 2 is 1.28 bits per heavy atom. The van der Waals surface area contributed by atoms with Gasteiger partial charge in [0.15, 0.2) is 0 Å². The van der Waals surface area contributed by atoms with Crippen molar-refractivity contribution in [2.75, 3.05) is 0 Å². The Bertz CT molecular complexity index is 1900. The van der Waals surface area contributed by atoms with Gasteiger partial charge in [0, 0.05) is 6.42 Å². The van der Waals surface area contributed by atoms with Crippen molar-refractivity contribution in [2.24, 2.45) is 4.99 Å². The molecule has 0 saturated carbocycles. The fourth-order valence-electron chi connectivity index (χ4n) is 7.21. The van der Waals surface area contributed by atoms with Crippen molar-refractivity contribution in [1.82, 2.24) is 0 Å². The van der Waals surface area contributed by atoms with Crippen LogP contribution >= 0.6 is 0 Å². The highest BCUT2D eigenvalue weighted by molar-refractivity contribution is 6.64. The molecular formula is C39H34BNO2. The third kappa shape index (κ3) is 3.80. The highest BCUT2D eigenvalue weighted by Gasteiger charge is 2.54. The van der Waals surface area contributed by atoms with Gasteiger partial charge in [-0.15, -0.1) is 0 Å². The van der Waals surface area contributed by atoms with Crippen molar-refractivity contribution in [3.05, 3.63) is 155 Å². The first-order valence-corrected chi connectivity index (χ1v) is 15.2. The minimum Gasteiger partial charge on any atom is -0.399 e. The number of aliphatic imine (C=N–C) groups is 1. The predicted octanol–water partition coefficient (Wildman–Crippen LogP) is 8.03. The Balaban J connectivity index is 1.38. The van der Waals surface area contributed by atoms with E-state index in [9.17, 15) is 0 Å². The summed E-state index contributed by atoms with van der Waals surface area (Å²) in [4.78, 5) is 5.18. The van der Waals surface area contributed by atoms with Gasteiger partial charge < -0.3 is 9.31 Å². The van der Waals surface area contributed by atoms with Crippen LogP contribution in [0.1, 0.15) is 61.1 Å². The molecule has 0 aromatic heterocycles. The van der Waals surface area contributed by atoms with E-state index < -0.39 is 23.7 Å². The first-order valence-electron chi connectivity index (χ1n) is 15.2. The van der Waals surface area contributed by atoms with Gasteiger partial charge in [-0.05, 0) is 83.7 Å². The number of nitrogens with zero attached hydrogens (tertiary/aromatic N) is 1. The van der Waals surface area contributed by atoms with Crippen molar-refractivity contribution in [3.63, 3.8) is 0 Å². The molecule has 4 heteroatoms. The van der Waals surface area contributed by atoms with Crippen molar-refractivity contribution in [1.29, 1.82) is 0 Å². The molecule has 2 heterocycles. The van der Waals surface area contributed by atoms with Crippen LogP contribution in [0, 0.1) is 0 Å². The van der Waals surface area contributed by atoms with Gasteiger partial charge in [0.25, 0.3) is 0 Å². The third-order valence-corrected chi connectivity index (χ3v) is 10.1. The maximum Gasteiger partial charge on any atom is 0.495 e. The first-order chi connectivity index (χ1) is 20.8. The summed E-state index contributed by atoms with van der Waals surface area (Å²) in [5.41, 5.74) is 11.7. The topological polar surface area (TPSA) is 30.8 Å². The lowest BCUT2D eigenvalue weighted by molar-refractivity contribution is 0.00578. The monoisotopic (exact) mass is 559 g/mol. The quantitative estimate of drug-likeness (QED) is 0.205. The molecule has 1 atom stereocenters. The van der Waals surface area contributed by atoms with E-state index in [1.807, 2.05) is 0 Å². The van der Waals surface area contributed by atoms with Gasteiger partial charge in [0.1, 0.15) is 0 Å². The average Bonchev–Trinajstić information content (AvgIpc) is 3.65. The van der Waals surface area contributed by atoms with Crippen molar-refractivity contribution in [2.45, 2.75) is 50.7 Å². The van der Waals surface area contributed by atoms with Gasteiger partial charge >= 0.3 is 7.12 Å². The number of rotatable bonds is 4. The van der Waals surface area contributed by atoms with Gasteiger partial charge in [0.2, 0.25) is 0 Å². The van der Waals surface area contributed by atoms with E-state index in [-0.39, 0.29) is 0 Å². The fourth-order valence-corrected chi connectivity index (χ4v) is 7.21. The van der Waals surface area contributed by atoms with E-state index in [0.717, 1.165) is 23.3 Å². The van der Waals surface area contributed by atoms with Gasteiger partial charge in [-0.25, -0.2) is 0 Å². The van der Waals surface area contributed by atoms with Crippen LogP contribution in [-0.4, -0.2) is 24.0 Å². The molecule has 8 rings (SSSR count). The molecule has 3 aliphatic rings. The zero-order valence-corrected chi connectivity index (χ0v) is 25.1. The zero-order chi connectivity index (χ0) is 29.4. The average molecular weight is 560 g/mol. The molecule has 3 nitrogen and oxygen atoms in total. The molecule has 5 aromatic carbocycles. The Labute approximate surface area is 254 Å². The van der Waals surface area contributed by atoms with Crippen molar-refractivity contribution < 1.29 is 9.31 Å². The maximum absolute atomic E-state index is 6.64. The second-order valence-electron chi connectivity index (χ2n) is 13.0. The van der Waals surface area contributed by atoms with Crippen LogP contribution in [0.15, 0.2) is 126 Å². The minimum atomic E-state index is -0.521. The normalized spacial score (nSPS) is 20.8. The lowest BCUT2D eigenvalue weighted by Gasteiger charge is -2.34. The molecule has 0 N–H and O–H groups in total. The first kappa shape index (κ1) is 26.4. The summed E-state index contributed by atoms with van der Waals surface area (Å²) in [7, 11) is -0.461. The Morgan fingerprint density at radius 3 is 2.02 bits per heavy atom. The summed E-state index contributed by atoms with van der Waals surface area (Å²) < 4.78 is 13.3. The fraction of sp³-hybridized carbons (Fsp3) is 0.205. The van der Waals surface area contributed by atoms with Crippen LogP contribution in [0.5, 0.6) is 0 Å². The van der Waals surface area contributed by atoms with Gasteiger partial charge in [-0.3, -0.25) is 4.99 Å². The van der Waals surface area contributed by atoms with E-state index in [1.54, 1.807) is 0 Å². The van der Waals surface area contributed by atoms with E-state index in [4.69, 9.17) is 14.3 Å². The lowest BCUT2D eigenvalue weighted by atomic mass is 9.66. The summed E-state index contributed by atoms with van der Waals surface area (Å²) >= 11 is 0. The SMILES string of the molecule is CC1(C)OB(c2cccc3c2-c2ccccc2C3(c2ccccc2)c2ccc3c(c2)N=C(c2ccccc2)C3)OC1(C)C. The Hall–Kier alpha value is -4.25. The van der Waals surface area contributed by atoms with Crippen LogP contribution in [0.3, 0.4) is 0 Å². The standard InChI is InChI=1S/C39H34BNO2/c1-37(2)38(3,4)43-40(42-37)33-21-13-20-32-36(33)30-18-11-12-19-31(30)39(32,28-16-9-6-10-17-28)29-23-22-27-24-34(41-35(27)25-29)26-14-7-5-8-15-26/h5-23,25H,24H2,1-4H3. The number of hydrogen-bond acceptors (Lipinski definition) is 3. The van der Waals surface area contributed by atoms with E-state index >= 15 is 0 Å². The van der Waals surface area contributed by atoms with Crippen molar-refractivity contribution >= 4 is 24.0 Å². The maximum atomic E-state index is 6.64. The van der Waals surface area contributed by atoms with Crippen LogP contribution in [0.4, 0.5) is 5.69 Å². The molecule has 43 heavy (non-hydrogen) atoms. The number of fused-ring (bicyclic) bond motifs is 4. The highest BCUT2D eigenvalue weighted by Crippen LogP contribution is 2.56. The summed E-state index contributed by atoms with van der Waals surface area (Å²) in [5, 5.41) is 0. The highest BCUT2D eigenvalue weighted by atomic mass is 16.7. The van der Waals surface area contributed by atoms with E-state index in [0.29, 0.717) is 0 Å². The Morgan fingerprint density at radius 1 is 0.628 bits per heavy atom. The molecule has 2 aliphatic heterocycles. The van der Waals surface area contributed by atoms with E-state index in [2.05, 4.69) is 149 Å². The molecule has 1 fully saturated rings. The second kappa shape index (κ2) is 9.38. The summed E-state index contributed by atoms with van der Waals surface area (Å²) in [6.45, 7) is 8.47.